The second-order valence-electron chi connectivity index (χ2n) is 1.74. The van der Waals surface area contributed by atoms with Crippen LogP contribution in [0, 0.1) is 10.7 Å². The van der Waals surface area contributed by atoms with Crippen LogP contribution < -0.4 is 0 Å². The number of carbonyl (C=O) groups is 1. The molecule has 4 heteroatoms. The lowest BCUT2D eigenvalue weighted by atomic mass is 10.5. The van der Waals surface area contributed by atoms with Crippen LogP contribution in [0.3, 0.4) is 0 Å². The molecule has 0 atom stereocenters. The summed E-state index contributed by atoms with van der Waals surface area (Å²) in [5.74, 6) is -0.109. The molecule has 0 radical (unpaired) electrons. The number of hydrogen-bond acceptors (Lipinski definition) is 3. The molecule has 0 aliphatic rings. The maximum Gasteiger partial charge on any atom is 0.246 e. The van der Waals surface area contributed by atoms with Crippen molar-refractivity contribution in [2.24, 2.45) is 0 Å². The summed E-state index contributed by atoms with van der Waals surface area (Å²) in [6.07, 6.45) is 1.36. The zero-order valence-corrected chi connectivity index (χ0v) is 6.68. The molecule has 0 saturated carbocycles. The van der Waals surface area contributed by atoms with Gasteiger partial charge in [-0.05, 0) is 17.2 Å². The predicted molar refractivity (Wildman–Crippen MR) is 41.0 cm³/mol. The van der Waals surface area contributed by atoms with Crippen molar-refractivity contribution in [2.75, 3.05) is 14.1 Å². The van der Waals surface area contributed by atoms with E-state index in [4.69, 9.17) is 5.26 Å². The molecule has 0 heterocycles. The molecule has 0 aromatic carbocycles. The molecule has 3 nitrogen and oxygen atoms in total. The number of thiocyanates is 1. The molecule has 1 amide bonds. The van der Waals surface area contributed by atoms with Crippen LogP contribution in [-0.4, -0.2) is 24.9 Å². The Balaban J connectivity index is 3.70. The van der Waals surface area contributed by atoms with Gasteiger partial charge in [-0.3, -0.25) is 4.79 Å². The third-order valence-corrected chi connectivity index (χ3v) is 1.15. The number of likely N-dealkylation sites (N-methyl/N-ethyl adjacent to an activating group) is 1. The summed E-state index contributed by atoms with van der Waals surface area (Å²) >= 11 is 0.931. The zero-order valence-electron chi connectivity index (χ0n) is 5.87. The molecule has 10 heavy (non-hydrogen) atoms. The first-order valence-electron chi connectivity index (χ1n) is 2.61. The number of nitriles is 1. The largest absolute Gasteiger partial charge is 0.345 e. The number of thioether (sulfide) groups is 1. The van der Waals surface area contributed by atoms with Crippen molar-refractivity contribution in [3.63, 3.8) is 0 Å². The third-order valence-electron chi connectivity index (χ3n) is 0.772. The smallest absolute Gasteiger partial charge is 0.246 e. The van der Waals surface area contributed by atoms with Crippen molar-refractivity contribution < 1.29 is 4.79 Å². The number of carbonyl (C=O) groups excluding carboxylic acids is 1. The summed E-state index contributed by atoms with van der Waals surface area (Å²) in [5.41, 5.74) is 0. The molecule has 0 unspecified atom stereocenters. The van der Waals surface area contributed by atoms with Gasteiger partial charge in [-0.2, -0.15) is 5.26 Å². The Bertz CT molecular complexity index is 181. The van der Waals surface area contributed by atoms with Gasteiger partial charge in [0.1, 0.15) is 5.40 Å². The average molecular weight is 156 g/mol. The minimum absolute atomic E-state index is 0.109. The lowest BCUT2D eigenvalue weighted by molar-refractivity contribution is -0.123. The SMILES string of the molecule is CN(C)C(=O)/C=C\SC#N. The molecule has 0 aliphatic heterocycles. The van der Waals surface area contributed by atoms with Crippen LogP contribution in [0.2, 0.25) is 0 Å². The van der Waals surface area contributed by atoms with Gasteiger partial charge >= 0.3 is 0 Å². The molecular weight excluding hydrogens is 148 g/mol. The Morgan fingerprint density at radius 1 is 1.70 bits per heavy atom. The molecule has 0 aromatic rings. The van der Waals surface area contributed by atoms with Crippen molar-refractivity contribution in [2.45, 2.75) is 0 Å². The maximum absolute atomic E-state index is 10.7. The fourth-order valence-electron chi connectivity index (χ4n) is 0.272. The Kier molecular flexibility index (Phi) is 4.42. The van der Waals surface area contributed by atoms with Crippen LogP contribution >= 0.6 is 11.8 Å². The van der Waals surface area contributed by atoms with Crippen molar-refractivity contribution in [3.05, 3.63) is 11.5 Å². The van der Waals surface area contributed by atoms with Gasteiger partial charge in [-0.1, -0.05) is 0 Å². The highest BCUT2D eigenvalue weighted by molar-refractivity contribution is 8.06. The van der Waals surface area contributed by atoms with E-state index in [9.17, 15) is 4.79 Å². The number of nitrogens with zero attached hydrogens (tertiary/aromatic N) is 2. The Morgan fingerprint density at radius 2 is 2.30 bits per heavy atom. The lowest BCUT2D eigenvalue weighted by Crippen LogP contribution is -2.18. The molecule has 0 fully saturated rings. The molecule has 0 saturated heterocycles. The van der Waals surface area contributed by atoms with E-state index in [2.05, 4.69) is 0 Å². The molecule has 0 aromatic heterocycles. The Hall–Kier alpha value is -0.950. The van der Waals surface area contributed by atoms with E-state index < -0.39 is 0 Å². The summed E-state index contributed by atoms with van der Waals surface area (Å²) in [7, 11) is 3.31. The van der Waals surface area contributed by atoms with E-state index in [1.54, 1.807) is 14.1 Å². The van der Waals surface area contributed by atoms with Gasteiger partial charge in [0, 0.05) is 20.2 Å². The highest BCUT2D eigenvalue weighted by Crippen LogP contribution is 1.97. The maximum atomic E-state index is 10.7. The molecule has 54 valence electrons. The molecule has 0 spiro atoms. The minimum atomic E-state index is -0.109. The average Bonchev–Trinajstić information content (AvgIpc) is 1.88. The van der Waals surface area contributed by atoms with Crippen molar-refractivity contribution in [1.82, 2.24) is 4.90 Å². The monoisotopic (exact) mass is 156 g/mol. The van der Waals surface area contributed by atoms with Crippen LogP contribution in [0.4, 0.5) is 0 Å². The molecule has 0 rings (SSSR count). The molecular formula is C6H8N2OS. The van der Waals surface area contributed by atoms with E-state index in [0.717, 1.165) is 11.8 Å². The third kappa shape index (κ3) is 3.98. The Labute approximate surface area is 64.3 Å². The van der Waals surface area contributed by atoms with Crippen LogP contribution in [0.25, 0.3) is 0 Å². The Morgan fingerprint density at radius 3 is 2.70 bits per heavy atom. The second-order valence-corrected chi connectivity index (χ2v) is 2.43. The van der Waals surface area contributed by atoms with E-state index in [1.165, 1.54) is 16.4 Å². The fraction of sp³-hybridized carbons (Fsp3) is 0.333. The first-order chi connectivity index (χ1) is 4.68. The molecule has 0 aliphatic carbocycles. The van der Waals surface area contributed by atoms with Crippen molar-refractivity contribution >= 4 is 17.7 Å². The predicted octanol–water partition coefficient (Wildman–Crippen LogP) is 0.803. The van der Waals surface area contributed by atoms with Gasteiger partial charge in [-0.25, -0.2) is 0 Å². The van der Waals surface area contributed by atoms with E-state index in [0.29, 0.717) is 0 Å². The van der Waals surface area contributed by atoms with Gasteiger partial charge < -0.3 is 4.90 Å². The van der Waals surface area contributed by atoms with E-state index in [1.807, 2.05) is 5.40 Å². The first kappa shape index (κ1) is 9.05. The van der Waals surface area contributed by atoms with E-state index >= 15 is 0 Å². The van der Waals surface area contributed by atoms with Crippen LogP contribution in [0.1, 0.15) is 0 Å². The highest BCUT2D eigenvalue weighted by atomic mass is 32.2. The zero-order chi connectivity index (χ0) is 7.98. The lowest BCUT2D eigenvalue weighted by Gasteiger charge is -2.03. The summed E-state index contributed by atoms with van der Waals surface area (Å²) in [4.78, 5) is 12.2. The normalized spacial score (nSPS) is 9.30. The van der Waals surface area contributed by atoms with Crippen LogP contribution in [0.15, 0.2) is 11.5 Å². The highest BCUT2D eigenvalue weighted by Gasteiger charge is 1.94. The van der Waals surface area contributed by atoms with Gasteiger partial charge in [0.25, 0.3) is 0 Å². The minimum Gasteiger partial charge on any atom is -0.345 e. The van der Waals surface area contributed by atoms with Crippen LogP contribution in [0.5, 0.6) is 0 Å². The topological polar surface area (TPSA) is 44.1 Å². The standard InChI is InChI=1S/C6H8N2OS/c1-8(2)6(9)3-4-10-5-7/h3-4H,1-2H3/b4-3-. The summed E-state index contributed by atoms with van der Waals surface area (Å²) in [6, 6.07) is 0. The van der Waals surface area contributed by atoms with Crippen molar-refractivity contribution in [1.29, 1.82) is 5.26 Å². The van der Waals surface area contributed by atoms with Crippen LogP contribution in [-0.2, 0) is 4.79 Å². The van der Waals surface area contributed by atoms with Gasteiger partial charge in [0.15, 0.2) is 0 Å². The number of hydrogen-bond donors (Lipinski definition) is 0. The summed E-state index contributed by atoms with van der Waals surface area (Å²) < 4.78 is 0. The number of rotatable bonds is 2. The fourth-order valence-corrected chi connectivity index (χ4v) is 0.517. The second kappa shape index (κ2) is 4.89. The first-order valence-corrected chi connectivity index (χ1v) is 3.49. The van der Waals surface area contributed by atoms with Crippen molar-refractivity contribution in [3.8, 4) is 5.40 Å². The van der Waals surface area contributed by atoms with Gasteiger partial charge in [-0.15, -0.1) is 0 Å². The van der Waals surface area contributed by atoms with E-state index in [-0.39, 0.29) is 5.91 Å². The number of amides is 1. The summed E-state index contributed by atoms with van der Waals surface area (Å²) in [5, 5.41) is 11.3. The van der Waals surface area contributed by atoms with Gasteiger partial charge in [0.2, 0.25) is 5.91 Å². The van der Waals surface area contributed by atoms with Gasteiger partial charge in [0.05, 0.1) is 0 Å². The molecule has 0 bridgehead atoms. The summed E-state index contributed by atoms with van der Waals surface area (Å²) in [6.45, 7) is 0. The quantitative estimate of drug-likeness (QED) is 0.439. The molecule has 0 N–H and O–H groups in total.